The number of para-hydroxylation sites is 1. The fourth-order valence-corrected chi connectivity index (χ4v) is 2.21. The minimum Gasteiger partial charge on any atom is -0.315 e. The summed E-state index contributed by atoms with van der Waals surface area (Å²) < 4.78 is 0. The van der Waals surface area contributed by atoms with Gasteiger partial charge in [0.05, 0.1) is 0 Å². The van der Waals surface area contributed by atoms with Crippen molar-refractivity contribution in [1.82, 2.24) is 0 Å². The maximum absolute atomic E-state index is 11.9. The highest BCUT2D eigenvalue weighted by atomic mass is 16.2. The second kappa shape index (κ2) is 3.69. The molecule has 2 rings (SSSR count). The summed E-state index contributed by atoms with van der Waals surface area (Å²) in [7, 11) is 1.87. The predicted octanol–water partition coefficient (Wildman–Crippen LogP) is 2.79. The molecule has 0 bridgehead atoms. The van der Waals surface area contributed by atoms with Gasteiger partial charge in [0.15, 0.2) is 0 Å². The number of carbonyl (C=O) groups excluding carboxylic acids is 1. The Bertz CT molecular complexity index is 386. The summed E-state index contributed by atoms with van der Waals surface area (Å²) in [5.74, 6) is 1.10. The zero-order valence-electron chi connectivity index (χ0n) is 9.53. The average Bonchev–Trinajstić information content (AvgIpc) is 2.33. The molecule has 0 aromatic heterocycles. The summed E-state index contributed by atoms with van der Waals surface area (Å²) in [6.07, 6.45) is 0.645. The summed E-state index contributed by atoms with van der Waals surface area (Å²) in [4.78, 5) is 13.6. The molecule has 0 N–H and O–H groups in total. The number of nitrogens with zero attached hydrogens (tertiary/aromatic N) is 1. The van der Waals surface area contributed by atoms with E-state index in [1.54, 1.807) is 4.90 Å². The van der Waals surface area contributed by atoms with Gasteiger partial charge in [-0.15, -0.1) is 0 Å². The van der Waals surface area contributed by atoms with Gasteiger partial charge in [0.25, 0.3) is 0 Å². The van der Waals surface area contributed by atoms with Gasteiger partial charge < -0.3 is 4.90 Å². The zero-order chi connectivity index (χ0) is 11.0. The van der Waals surface area contributed by atoms with Crippen molar-refractivity contribution < 1.29 is 4.79 Å². The maximum Gasteiger partial charge on any atom is 0.227 e. The van der Waals surface area contributed by atoms with Gasteiger partial charge in [-0.3, -0.25) is 4.79 Å². The number of fused-ring (bicyclic) bond motifs is 1. The number of anilines is 1. The minimum absolute atomic E-state index is 0.222. The highest BCUT2D eigenvalue weighted by molar-refractivity contribution is 5.94. The second-order valence-electron chi connectivity index (χ2n) is 4.48. The Kier molecular flexibility index (Phi) is 2.51. The predicted molar refractivity (Wildman–Crippen MR) is 62.0 cm³/mol. The lowest BCUT2D eigenvalue weighted by atomic mass is 9.87. The number of carbonyl (C=O) groups is 1. The highest BCUT2D eigenvalue weighted by Gasteiger charge is 2.27. The molecule has 0 spiro atoms. The summed E-state index contributed by atoms with van der Waals surface area (Å²) in [6, 6.07) is 8.20. The third-order valence-corrected chi connectivity index (χ3v) is 3.51. The van der Waals surface area contributed by atoms with Crippen LogP contribution < -0.4 is 4.90 Å². The monoisotopic (exact) mass is 203 g/mol. The van der Waals surface area contributed by atoms with Crippen molar-refractivity contribution in [2.75, 3.05) is 11.9 Å². The van der Waals surface area contributed by atoms with Crippen LogP contribution in [-0.2, 0) is 4.79 Å². The molecule has 2 nitrogen and oxygen atoms in total. The van der Waals surface area contributed by atoms with Gasteiger partial charge in [-0.2, -0.15) is 0 Å². The molecule has 0 radical (unpaired) electrons. The lowest BCUT2D eigenvalue weighted by molar-refractivity contribution is -0.119. The van der Waals surface area contributed by atoms with Gasteiger partial charge >= 0.3 is 0 Å². The van der Waals surface area contributed by atoms with Crippen LogP contribution in [0.4, 0.5) is 5.69 Å². The van der Waals surface area contributed by atoms with E-state index >= 15 is 0 Å². The number of rotatable bonds is 0. The average molecular weight is 203 g/mol. The molecule has 2 unspecified atom stereocenters. The van der Waals surface area contributed by atoms with Crippen LogP contribution in [0.3, 0.4) is 0 Å². The Balaban J connectivity index is 2.54. The highest BCUT2D eigenvalue weighted by Crippen LogP contribution is 2.36. The molecule has 1 heterocycles. The molecule has 15 heavy (non-hydrogen) atoms. The van der Waals surface area contributed by atoms with Crippen LogP contribution in [0.25, 0.3) is 0 Å². The largest absolute Gasteiger partial charge is 0.315 e. The van der Waals surface area contributed by atoms with Crippen LogP contribution in [0.5, 0.6) is 0 Å². The third-order valence-electron chi connectivity index (χ3n) is 3.51. The molecular weight excluding hydrogens is 186 g/mol. The normalized spacial score (nSPS) is 26.1. The van der Waals surface area contributed by atoms with Crippen LogP contribution >= 0.6 is 0 Å². The van der Waals surface area contributed by atoms with Crippen LogP contribution in [0.1, 0.15) is 31.7 Å². The molecule has 2 atom stereocenters. The Morgan fingerprint density at radius 1 is 1.27 bits per heavy atom. The Hall–Kier alpha value is -1.31. The van der Waals surface area contributed by atoms with Gasteiger partial charge in [-0.1, -0.05) is 32.0 Å². The van der Waals surface area contributed by atoms with Crippen molar-refractivity contribution >= 4 is 11.6 Å². The van der Waals surface area contributed by atoms with E-state index in [0.29, 0.717) is 18.3 Å². The van der Waals surface area contributed by atoms with Gasteiger partial charge in [0, 0.05) is 19.2 Å². The van der Waals surface area contributed by atoms with Crippen molar-refractivity contribution in [2.45, 2.75) is 26.2 Å². The molecule has 1 aliphatic heterocycles. The third kappa shape index (κ3) is 1.65. The molecule has 1 aromatic rings. The molecule has 0 saturated heterocycles. The van der Waals surface area contributed by atoms with E-state index in [1.807, 2.05) is 25.2 Å². The first-order chi connectivity index (χ1) is 7.11. The summed E-state index contributed by atoms with van der Waals surface area (Å²) in [5.41, 5.74) is 2.36. The van der Waals surface area contributed by atoms with E-state index in [-0.39, 0.29) is 5.91 Å². The molecule has 0 saturated carbocycles. The van der Waals surface area contributed by atoms with Crippen molar-refractivity contribution in [3.05, 3.63) is 29.8 Å². The van der Waals surface area contributed by atoms with Crippen LogP contribution in [-0.4, -0.2) is 13.0 Å². The Morgan fingerprint density at radius 2 is 1.93 bits per heavy atom. The van der Waals surface area contributed by atoms with Crippen LogP contribution in [0.15, 0.2) is 24.3 Å². The number of hydrogen-bond acceptors (Lipinski definition) is 1. The van der Waals surface area contributed by atoms with E-state index in [4.69, 9.17) is 0 Å². The fourth-order valence-electron chi connectivity index (χ4n) is 2.21. The summed E-state index contributed by atoms with van der Waals surface area (Å²) in [5, 5.41) is 0. The van der Waals surface area contributed by atoms with E-state index in [9.17, 15) is 4.79 Å². The standard InChI is InChI=1S/C13H17NO/c1-9-8-13(15)14(3)12-7-5-4-6-11(12)10(9)2/h4-7,9-10H,8H2,1-3H3. The number of benzene rings is 1. The zero-order valence-corrected chi connectivity index (χ0v) is 9.53. The van der Waals surface area contributed by atoms with Gasteiger partial charge in [0.2, 0.25) is 5.91 Å². The van der Waals surface area contributed by atoms with Crippen LogP contribution in [0.2, 0.25) is 0 Å². The maximum atomic E-state index is 11.9. The second-order valence-corrected chi connectivity index (χ2v) is 4.48. The minimum atomic E-state index is 0.222. The summed E-state index contributed by atoms with van der Waals surface area (Å²) in [6.45, 7) is 4.36. The van der Waals surface area contributed by atoms with Crippen molar-refractivity contribution in [3.8, 4) is 0 Å². The van der Waals surface area contributed by atoms with Crippen molar-refractivity contribution in [2.24, 2.45) is 5.92 Å². The summed E-state index contributed by atoms with van der Waals surface area (Å²) >= 11 is 0. The molecule has 1 aromatic carbocycles. The molecule has 2 heteroatoms. The lowest BCUT2D eigenvalue weighted by Crippen LogP contribution is -2.25. The first-order valence-electron chi connectivity index (χ1n) is 5.46. The molecular formula is C13H17NO. The molecule has 1 aliphatic rings. The first kappa shape index (κ1) is 10.2. The molecule has 1 amide bonds. The molecule has 0 aliphatic carbocycles. The molecule has 0 fully saturated rings. The topological polar surface area (TPSA) is 20.3 Å². The molecule has 80 valence electrons. The van der Waals surface area contributed by atoms with Crippen molar-refractivity contribution in [3.63, 3.8) is 0 Å². The van der Waals surface area contributed by atoms with E-state index < -0.39 is 0 Å². The number of hydrogen-bond donors (Lipinski definition) is 0. The van der Waals surface area contributed by atoms with Gasteiger partial charge in [0.1, 0.15) is 0 Å². The van der Waals surface area contributed by atoms with E-state index in [0.717, 1.165) is 5.69 Å². The van der Waals surface area contributed by atoms with Gasteiger partial charge in [-0.05, 0) is 23.5 Å². The lowest BCUT2D eigenvalue weighted by Gasteiger charge is -2.19. The van der Waals surface area contributed by atoms with E-state index in [1.165, 1.54) is 5.56 Å². The number of amides is 1. The SMILES string of the molecule is CC1CC(=O)N(C)c2ccccc2C1C. The van der Waals surface area contributed by atoms with E-state index in [2.05, 4.69) is 19.9 Å². The Labute approximate surface area is 90.9 Å². The van der Waals surface area contributed by atoms with Gasteiger partial charge in [-0.25, -0.2) is 0 Å². The fraction of sp³-hybridized carbons (Fsp3) is 0.462. The first-order valence-corrected chi connectivity index (χ1v) is 5.46. The Morgan fingerprint density at radius 3 is 2.67 bits per heavy atom. The van der Waals surface area contributed by atoms with Crippen LogP contribution in [0, 0.1) is 5.92 Å². The quantitative estimate of drug-likeness (QED) is 0.635. The van der Waals surface area contributed by atoms with Crippen molar-refractivity contribution in [1.29, 1.82) is 0 Å². The smallest absolute Gasteiger partial charge is 0.227 e.